The van der Waals surface area contributed by atoms with Crippen molar-refractivity contribution in [2.75, 3.05) is 6.61 Å². The number of hydrogen-bond donors (Lipinski definition) is 0. The summed E-state index contributed by atoms with van der Waals surface area (Å²) in [6.07, 6.45) is 0. The molecule has 0 aliphatic rings. The minimum absolute atomic E-state index is 0.119. The van der Waals surface area contributed by atoms with Crippen molar-refractivity contribution in [1.82, 2.24) is 19.2 Å². The molecule has 0 amide bonds. The molecule has 2 aromatic heterocycles. The average molecular weight is 389 g/mol. The molecule has 4 rings (SSSR count). The third-order valence-electron chi connectivity index (χ3n) is 4.67. The van der Waals surface area contributed by atoms with Crippen molar-refractivity contribution in [2.24, 2.45) is 7.05 Å². The Hall–Kier alpha value is -3.86. The van der Waals surface area contributed by atoms with Crippen LogP contribution in [0.2, 0.25) is 0 Å². The predicted molar refractivity (Wildman–Crippen MR) is 107 cm³/mol. The molecule has 0 N–H and O–H groups in total. The molecule has 0 atom stereocenters. The maximum atomic E-state index is 12.7. The molecular formula is C21H19N5O3. The highest BCUT2D eigenvalue weighted by Gasteiger charge is 2.16. The zero-order chi connectivity index (χ0) is 20.5. The van der Waals surface area contributed by atoms with E-state index in [0.717, 1.165) is 11.1 Å². The van der Waals surface area contributed by atoms with Crippen LogP contribution in [0, 0.1) is 18.3 Å². The normalized spacial score (nSPS) is 11.0. The molecule has 0 bridgehead atoms. The highest BCUT2D eigenvalue weighted by atomic mass is 16.5. The number of nitriles is 1. The fourth-order valence-corrected chi connectivity index (χ4v) is 3.26. The van der Waals surface area contributed by atoms with Gasteiger partial charge in [0.05, 0.1) is 29.1 Å². The van der Waals surface area contributed by atoms with Gasteiger partial charge in [-0.3, -0.25) is 13.8 Å². The number of benzene rings is 2. The van der Waals surface area contributed by atoms with E-state index in [9.17, 15) is 4.79 Å². The van der Waals surface area contributed by atoms with Crippen molar-refractivity contribution >= 4 is 16.7 Å². The monoisotopic (exact) mass is 389 g/mol. The van der Waals surface area contributed by atoms with Crippen LogP contribution in [-0.4, -0.2) is 25.8 Å². The van der Waals surface area contributed by atoms with E-state index in [4.69, 9.17) is 14.7 Å². The Labute approximate surface area is 166 Å². The van der Waals surface area contributed by atoms with Gasteiger partial charge in [-0.25, -0.2) is 0 Å². The zero-order valence-electron chi connectivity index (χ0n) is 16.3. The minimum Gasteiger partial charge on any atom is -0.490 e. The van der Waals surface area contributed by atoms with Crippen LogP contribution in [-0.2, 0) is 13.7 Å². The van der Waals surface area contributed by atoms with Gasteiger partial charge in [0.25, 0.3) is 5.56 Å². The van der Waals surface area contributed by atoms with Gasteiger partial charge in [-0.15, -0.1) is 10.2 Å². The molecule has 2 heterocycles. The van der Waals surface area contributed by atoms with E-state index in [1.54, 1.807) is 25.2 Å². The highest BCUT2D eigenvalue weighted by molar-refractivity contribution is 5.81. The van der Waals surface area contributed by atoms with E-state index >= 15 is 0 Å². The first-order valence-corrected chi connectivity index (χ1v) is 9.16. The smallest absolute Gasteiger partial charge is 0.262 e. The molecule has 0 fully saturated rings. The lowest BCUT2D eigenvalue weighted by atomic mass is 10.1. The Morgan fingerprint density at radius 2 is 1.93 bits per heavy atom. The summed E-state index contributed by atoms with van der Waals surface area (Å²) in [5, 5.41) is 18.1. The summed E-state index contributed by atoms with van der Waals surface area (Å²) in [5.41, 5.74) is 2.09. The third kappa shape index (κ3) is 3.17. The van der Waals surface area contributed by atoms with Crippen LogP contribution in [0.15, 0.2) is 41.2 Å². The fraction of sp³-hybridized carbons (Fsp3) is 0.238. The van der Waals surface area contributed by atoms with E-state index in [1.165, 1.54) is 4.57 Å². The van der Waals surface area contributed by atoms with Crippen LogP contribution in [0.3, 0.4) is 0 Å². The van der Waals surface area contributed by atoms with Crippen molar-refractivity contribution in [2.45, 2.75) is 20.5 Å². The summed E-state index contributed by atoms with van der Waals surface area (Å²) in [6, 6.07) is 12.8. The van der Waals surface area contributed by atoms with Crippen molar-refractivity contribution in [3.63, 3.8) is 0 Å². The summed E-state index contributed by atoms with van der Waals surface area (Å²) in [4.78, 5) is 12.7. The topological polar surface area (TPSA) is 94.4 Å². The number of nitrogens with zero attached hydrogens (tertiary/aromatic N) is 5. The Kier molecular flexibility index (Phi) is 4.64. The molecule has 0 spiro atoms. The molecule has 2 aromatic carbocycles. The first-order valence-electron chi connectivity index (χ1n) is 9.16. The minimum atomic E-state index is -0.123. The van der Waals surface area contributed by atoms with Gasteiger partial charge >= 0.3 is 0 Å². The van der Waals surface area contributed by atoms with Gasteiger partial charge < -0.3 is 9.47 Å². The molecule has 0 saturated heterocycles. The SMILES string of the molecule is CCOc1cc(C#N)ccc1OCc1nnc2n(C)c(=O)c3cc(C)ccc3n12. The van der Waals surface area contributed by atoms with Crippen LogP contribution < -0.4 is 15.0 Å². The van der Waals surface area contributed by atoms with E-state index < -0.39 is 0 Å². The summed E-state index contributed by atoms with van der Waals surface area (Å²) >= 11 is 0. The number of hydrogen-bond acceptors (Lipinski definition) is 6. The van der Waals surface area contributed by atoms with Gasteiger partial charge in [-0.2, -0.15) is 5.26 Å². The summed E-state index contributed by atoms with van der Waals surface area (Å²) < 4.78 is 14.8. The molecule has 29 heavy (non-hydrogen) atoms. The molecule has 0 aliphatic heterocycles. The molecule has 0 aliphatic carbocycles. The summed E-state index contributed by atoms with van der Waals surface area (Å²) in [6.45, 7) is 4.38. The number of aromatic nitrogens is 4. The molecule has 0 radical (unpaired) electrons. The lowest BCUT2D eigenvalue weighted by molar-refractivity contribution is 0.262. The average Bonchev–Trinajstić information content (AvgIpc) is 3.15. The molecule has 8 heteroatoms. The highest BCUT2D eigenvalue weighted by Crippen LogP contribution is 2.29. The molecule has 8 nitrogen and oxygen atoms in total. The van der Waals surface area contributed by atoms with Gasteiger partial charge in [0.15, 0.2) is 17.3 Å². The first kappa shape index (κ1) is 18.5. The lowest BCUT2D eigenvalue weighted by Crippen LogP contribution is -2.20. The number of fused-ring (bicyclic) bond motifs is 3. The Morgan fingerprint density at radius 1 is 1.10 bits per heavy atom. The second-order valence-corrected chi connectivity index (χ2v) is 6.63. The third-order valence-corrected chi connectivity index (χ3v) is 4.67. The molecular weight excluding hydrogens is 370 g/mol. The van der Waals surface area contributed by atoms with Crippen LogP contribution in [0.1, 0.15) is 23.9 Å². The Morgan fingerprint density at radius 3 is 2.69 bits per heavy atom. The zero-order valence-corrected chi connectivity index (χ0v) is 16.3. The first-order chi connectivity index (χ1) is 14.0. The van der Waals surface area contributed by atoms with Crippen LogP contribution >= 0.6 is 0 Å². The van der Waals surface area contributed by atoms with E-state index in [2.05, 4.69) is 16.3 Å². The molecule has 146 valence electrons. The second kappa shape index (κ2) is 7.28. The largest absolute Gasteiger partial charge is 0.490 e. The second-order valence-electron chi connectivity index (χ2n) is 6.63. The van der Waals surface area contributed by atoms with Gasteiger partial charge in [-0.1, -0.05) is 11.6 Å². The summed E-state index contributed by atoms with van der Waals surface area (Å²) in [5.74, 6) is 1.99. The van der Waals surface area contributed by atoms with Crippen molar-refractivity contribution < 1.29 is 9.47 Å². The van der Waals surface area contributed by atoms with Crippen molar-refractivity contribution in [3.05, 3.63) is 63.7 Å². The number of aryl methyl sites for hydroxylation is 2. The maximum absolute atomic E-state index is 12.7. The van der Waals surface area contributed by atoms with E-state index in [-0.39, 0.29) is 12.2 Å². The lowest BCUT2D eigenvalue weighted by Gasteiger charge is -2.12. The van der Waals surface area contributed by atoms with Gasteiger partial charge in [0.2, 0.25) is 5.78 Å². The predicted octanol–water partition coefficient (Wildman–Crippen LogP) is 2.74. The van der Waals surface area contributed by atoms with Crippen LogP contribution in [0.4, 0.5) is 0 Å². The standard InChI is InChI=1S/C21H19N5O3/c1-4-28-18-10-14(11-22)6-8-17(18)29-12-19-23-24-21-25(3)20(27)15-9-13(2)5-7-16(15)26(19)21/h5-10H,4,12H2,1-3H3. The summed E-state index contributed by atoms with van der Waals surface area (Å²) in [7, 11) is 1.67. The Balaban J connectivity index is 1.78. The fourth-order valence-electron chi connectivity index (χ4n) is 3.26. The quantitative estimate of drug-likeness (QED) is 0.521. The van der Waals surface area contributed by atoms with Gasteiger partial charge in [-0.05, 0) is 38.1 Å². The van der Waals surface area contributed by atoms with Gasteiger partial charge in [0.1, 0.15) is 6.61 Å². The van der Waals surface area contributed by atoms with Crippen molar-refractivity contribution in [3.8, 4) is 17.6 Å². The Bertz CT molecular complexity index is 1330. The van der Waals surface area contributed by atoms with E-state index in [0.29, 0.717) is 40.7 Å². The molecule has 4 aromatic rings. The van der Waals surface area contributed by atoms with E-state index in [1.807, 2.05) is 36.4 Å². The van der Waals surface area contributed by atoms with Crippen LogP contribution in [0.5, 0.6) is 11.5 Å². The van der Waals surface area contributed by atoms with Gasteiger partial charge in [0, 0.05) is 13.1 Å². The van der Waals surface area contributed by atoms with Crippen LogP contribution in [0.25, 0.3) is 16.7 Å². The maximum Gasteiger partial charge on any atom is 0.262 e. The molecule has 0 unspecified atom stereocenters. The molecule has 0 saturated carbocycles. The number of ether oxygens (including phenoxy) is 2. The van der Waals surface area contributed by atoms with Crippen molar-refractivity contribution in [1.29, 1.82) is 5.26 Å². The number of rotatable bonds is 5.